The maximum atomic E-state index is 6.06. The summed E-state index contributed by atoms with van der Waals surface area (Å²) < 4.78 is 2.04. The Morgan fingerprint density at radius 1 is 1.35 bits per heavy atom. The monoisotopic (exact) mass is 485 g/mol. The van der Waals surface area contributed by atoms with E-state index in [1.165, 1.54) is 16.5 Å². The van der Waals surface area contributed by atoms with Gasteiger partial charge in [-0.1, -0.05) is 29.8 Å². The number of benzene rings is 1. The number of hydrogen-bond acceptors (Lipinski definition) is 1. The van der Waals surface area contributed by atoms with Crippen molar-refractivity contribution in [1.29, 1.82) is 0 Å². The van der Waals surface area contributed by atoms with Crippen LogP contribution in [-0.2, 0) is 20.0 Å². The number of nitrogens with zero attached hydrogens (tertiary/aromatic N) is 3. The molecule has 0 bridgehead atoms. The zero-order valence-corrected chi connectivity index (χ0v) is 18.4. The molecule has 140 valence electrons. The van der Waals surface area contributed by atoms with Gasteiger partial charge >= 0.3 is 0 Å². The Morgan fingerprint density at radius 2 is 2.12 bits per heavy atom. The van der Waals surface area contributed by atoms with Crippen LogP contribution in [0.1, 0.15) is 11.3 Å². The predicted octanol–water partition coefficient (Wildman–Crippen LogP) is 4.03. The summed E-state index contributed by atoms with van der Waals surface area (Å²) in [6.07, 6.45) is 4.94. The Balaban J connectivity index is 0.00000243. The molecule has 2 aromatic heterocycles. The van der Waals surface area contributed by atoms with Crippen LogP contribution in [0.3, 0.4) is 0 Å². The van der Waals surface area contributed by atoms with Crippen LogP contribution in [0.5, 0.6) is 0 Å². The lowest BCUT2D eigenvalue weighted by atomic mass is 10.1. The highest BCUT2D eigenvalue weighted by atomic mass is 127. The number of fused-ring (bicyclic) bond motifs is 1. The minimum Gasteiger partial charge on any atom is -0.361 e. The van der Waals surface area contributed by atoms with E-state index in [2.05, 4.69) is 44.6 Å². The fourth-order valence-corrected chi connectivity index (χ4v) is 3.35. The molecule has 0 fully saturated rings. The molecule has 2 heterocycles. The molecule has 7 heteroatoms. The maximum Gasteiger partial charge on any atom is 0.193 e. The molecule has 3 rings (SSSR count). The normalized spacial score (nSPS) is 11.5. The van der Waals surface area contributed by atoms with E-state index in [0.717, 1.165) is 36.2 Å². The predicted molar refractivity (Wildman–Crippen MR) is 121 cm³/mol. The summed E-state index contributed by atoms with van der Waals surface area (Å²) in [6, 6.07) is 10.4. The van der Waals surface area contributed by atoms with Gasteiger partial charge in [0.2, 0.25) is 0 Å². The van der Waals surface area contributed by atoms with E-state index in [4.69, 9.17) is 11.6 Å². The number of hydrogen-bond donors (Lipinski definition) is 2. The van der Waals surface area contributed by atoms with Crippen LogP contribution in [0.2, 0.25) is 5.02 Å². The van der Waals surface area contributed by atoms with Crippen molar-refractivity contribution in [1.82, 2.24) is 19.8 Å². The first kappa shape index (κ1) is 20.6. The molecule has 3 aromatic rings. The SMILES string of the molecule is CN=C(NCCc1c[nH]c2ccccc12)N(C)Cc1cc(Cl)cn1C.I. The number of H-pyrrole nitrogens is 1. The molecule has 0 saturated heterocycles. The van der Waals surface area contributed by atoms with Gasteiger partial charge in [0, 0.05) is 56.7 Å². The Kier molecular flexibility index (Phi) is 7.40. The van der Waals surface area contributed by atoms with E-state index in [1.807, 2.05) is 44.0 Å². The van der Waals surface area contributed by atoms with Crippen LogP contribution in [0.25, 0.3) is 10.9 Å². The lowest BCUT2D eigenvalue weighted by Crippen LogP contribution is -2.39. The van der Waals surface area contributed by atoms with Crippen molar-refractivity contribution in [2.75, 3.05) is 20.6 Å². The molecule has 0 aliphatic carbocycles. The lowest BCUT2D eigenvalue weighted by Gasteiger charge is -2.22. The summed E-state index contributed by atoms with van der Waals surface area (Å²) in [5.74, 6) is 0.872. The largest absolute Gasteiger partial charge is 0.361 e. The van der Waals surface area contributed by atoms with Gasteiger partial charge in [-0.2, -0.15) is 0 Å². The summed E-state index contributed by atoms with van der Waals surface area (Å²) in [4.78, 5) is 9.80. The average molecular weight is 486 g/mol. The van der Waals surface area contributed by atoms with Gasteiger partial charge in [-0.3, -0.25) is 4.99 Å². The first-order chi connectivity index (χ1) is 12.1. The first-order valence-electron chi connectivity index (χ1n) is 8.36. The van der Waals surface area contributed by atoms with E-state index >= 15 is 0 Å². The lowest BCUT2D eigenvalue weighted by molar-refractivity contribution is 0.462. The van der Waals surface area contributed by atoms with Gasteiger partial charge in [0.15, 0.2) is 5.96 Å². The van der Waals surface area contributed by atoms with Gasteiger partial charge in [0.25, 0.3) is 0 Å². The molecule has 2 N–H and O–H groups in total. The van der Waals surface area contributed by atoms with Crippen LogP contribution in [0, 0.1) is 0 Å². The minimum absolute atomic E-state index is 0. The highest BCUT2D eigenvalue weighted by Crippen LogP contribution is 2.18. The number of aryl methyl sites for hydroxylation is 1. The van der Waals surface area contributed by atoms with E-state index < -0.39 is 0 Å². The molecule has 26 heavy (non-hydrogen) atoms. The number of guanidine groups is 1. The fraction of sp³-hybridized carbons (Fsp3) is 0.316. The zero-order chi connectivity index (χ0) is 17.8. The average Bonchev–Trinajstić information content (AvgIpc) is 3.14. The number of para-hydroxylation sites is 1. The highest BCUT2D eigenvalue weighted by Gasteiger charge is 2.10. The van der Waals surface area contributed by atoms with Gasteiger partial charge in [-0.25, -0.2) is 0 Å². The molecule has 0 radical (unpaired) electrons. The van der Waals surface area contributed by atoms with Crippen molar-refractivity contribution in [2.45, 2.75) is 13.0 Å². The van der Waals surface area contributed by atoms with Crippen LogP contribution in [-0.4, -0.2) is 41.1 Å². The molecule has 0 aliphatic rings. The summed E-state index contributed by atoms with van der Waals surface area (Å²) in [6.45, 7) is 1.57. The summed E-state index contributed by atoms with van der Waals surface area (Å²) >= 11 is 6.06. The summed E-state index contributed by atoms with van der Waals surface area (Å²) in [5.41, 5.74) is 3.64. The van der Waals surface area contributed by atoms with E-state index in [9.17, 15) is 0 Å². The number of nitrogens with one attached hydrogen (secondary N) is 2. The number of halogens is 2. The second-order valence-electron chi connectivity index (χ2n) is 6.20. The number of rotatable bonds is 5. The Labute approximate surface area is 176 Å². The van der Waals surface area contributed by atoms with Crippen molar-refractivity contribution in [3.63, 3.8) is 0 Å². The van der Waals surface area contributed by atoms with Crippen molar-refractivity contribution < 1.29 is 0 Å². The van der Waals surface area contributed by atoms with Crippen LogP contribution in [0.15, 0.2) is 47.7 Å². The van der Waals surface area contributed by atoms with Crippen molar-refractivity contribution in [3.05, 3.63) is 59.0 Å². The highest BCUT2D eigenvalue weighted by molar-refractivity contribution is 14.0. The third-order valence-electron chi connectivity index (χ3n) is 4.40. The Hall–Kier alpha value is -1.67. The van der Waals surface area contributed by atoms with Crippen LogP contribution < -0.4 is 5.32 Å². The second-order valence-corrected chi connectivity index (χ2v) is 6.64. The smallest absolute Gasteiger partial charge is 0.193 e. The molecule has 0 spiro atoms. The van der Waals surface area contributed by atoms with Gasteiger partial charge in [0.1, 0.15) is 0 Å². The topological polar surface area (TPSA) is 48.4 Å². The number of aromatic amines is 1. The van der Waals surface area contributed by atoms with Crippen LogP contribution >= 0.6 is 35.6 Å². The minimum atomic E-state index is 0. The molecule has 0 aliphatic heterocycles. The third kappa shape index (κ3) is 4.73. The van der Waals surface area contributed by atoms with E-state index in [1.54, 1.807) is 0 Å². The standard InChI is InChI=1S/C19H24ClN5.HI/c1-21-19(25(3)13-16-10-15(20)12-24(16)2)22-9-8-14-11-23-18-7-5-4-6-17(14)18;/h4-7,10-12,23H,8-9,13H2,1-3H3,(H,21,22);1H. The Bertz CT molecular complexity index is 883. The van der Waals surface area contributed by atoms with Crippen LogP contribution in [0.4, 0.5) is 0 Å². The molecule has 0 saturated carbocycles. The van der Waals surface area contributed by atoms with Gasteiger partial charge in [-0.15, -0.1) is 24.0 Å². The molecular formula is C19H25ClIN5. The van der Waals surface area contributed by atoms with Gasteiger partial charge in [0.05, 0.1) is 11.6 Å². The summed E-state index contributed by atoms with van der Waals surface area (Å²) in [5, 5.41) is 5.48. The quantitative estimate of drug-likeness (QED) is 0.326. The molecule has 5 nitrogen and oxygen atoms in total. The van der Waals surface area contributed by atoms with Crippen molar-refractivity contribution >= 4 is 52.4 Å². The second kappa shape index (κ2) is 9.32. The van der Waals surface area contributed by atoms with E-state index in [0.29, 0.717) is 0 Å². The van der Waals surface area contributed by atoms with Gasteiger partial charge in [-0.05, 0) is 24.1 Å². The maximum absolute atomic E-state index is 6.06. The Morgan fingerprint density at radius 3 is 2.81 bits per heavy atom. The van der Waals surface area contributed by atoms with Crippen molar-refractivity contribution in [3.8, 4) is 0 Å². The molecule has 0 unspecified atom stereocenters. The fourth-order valence-electron chi connectivity index (χ4n) is 3.07. The molecule has 1 aromatic carbocycles. The zero-order valence-electron chi connectivity index (χ0n) is 15.3. The summed E-state index contributed by atoms with van der Waals surface area (Å²) in [7, 11) is 5.84. The number of aliphatic imine (C=N–C) groups is 1. The molecule has 0 atom stereocenters. The first-order valence-corrected chi connectivity index (χ1v) is 8.74. The van der Waals surface area contributed by atoms with Crippen molar-refractivity contribution in [2.24, 2.45) is 12.0 Å². The van der Waals surface area contributed by atoms with E-state index in [-0.39, 0.29) is 24.0 Å². The third-order valence-corrected chi connectivity index (χ3v) is 4.61. The van der Waals surface area contributed by atoms with Gasteiger partial charge < -0.3 is 19.8 Å². The molecule has 0 amide bonds. The molecular weight excluding hydrogens is 461 g/mol. The number of aromatic nitrogens is 2.